The van der Waals surface area contributed by atoms with Crippen LogP contribution in [0.3, 0.4) is 0 Å². The molecule has 0 aliphatic carbocycles. The Morgan fingerprint density at radius 2 is 2.07 bits per heavy atom. The van der Waals surface area contributed by atoms with Gasteiger partial charge in [-0.05, 0) is 48.9 Å². The summed E-state index contributed by atoms with van der Waals surface area (Å²) in [5, 5.41) is 2.70. The molecular formula is C20H21F3N2O3. The van der Waals surface area contributed by atoms with Crippen molar-refractivity contribution >= 4 is 11.6 Å². The molecular weight excluding hydrogens is 373 g/mol. The van der Waals surface area contributed by atoms with E-state index in [0.717, 1.165) is 18.6 Å². The van der Waals surface area contributed by atoms with E-state index in [9.17, 15) is 18.0 Å². The summed E-state index contributed by atoms with van der Waals surface area (Å²) in [6, 6.07) is 9.25. The first-order valence-corrected chi connectivity index (χ1v) is 8.85. The van der Waals surface area contributed by atoms with Gasteiger partial charge in [0.15, 0.2) is 0 Å². The first kappa shape index (κ1) is 20.0. The van der Waals surface area contributed by atoms with Gasteiger partial charge in [-0.25, -0.2) is 0 Å². The van der Waals surface area contributed by atoms with Crippen LogP contribution in [0.2, 0.25) is 0 Å². The van der Waals surface area contributed by atoms with Crippen LogP contribution >= 0.6 is 0 Å². The fourth-order valence-electron chi connectivity index (χ4n) is 2.96. The molecule has 1 aliphatic rings. The van der Waals surface area contributed by atoms with Crippen molar-refractivity contribution in [1.82, 2.24) is 5.32 Å². The molecule has 28 heavy (non-hydrogen) atoms. The molecule has 0 aromatic heterocycles. The first-order valence-electron chi connectivity index (χ1n) is 8.85. The lowest BCUT2D eigenvalue weighted by molar-refractivity contribution is -0.137. The zero-order valence-electron chi connectivity index (χ0n) is 15.3. The van der Waals surface area contributed by atoms with Gasteiger partial charge in [0.05, 0.1) is 24.8 Å². The molecule has 2 aromatic carbocycles. The van der Waals surface area contributed by atoms with Crippen molar-refractivity contribution in [3.63, 3.8) is 0 Å². The maximum Gasteiger partial charge on any atom is 0.416 e. The van der Waals surface area contributed by atoms with E-state index in [1.807, 2.05) is 0 Å². The van der Waals surface area contributed by atoms with E-state index >= 15 is 0 Å². The Labute approximate surface area is 160 Å². The summed E-state index contributed by atoms with van der Waals surface area (Å²) >= 11 is 0. The van der Waals surface area contributed by atoms with Crippen molar-refractivity contribution in [2.75, 3.05) is 18.9 Å². The van der Waals surface area contributed by atoms with E-state index < -0.39 is 23.7 Å². The van der Waals surface area contributed by atoms with E-state index in [1.54, 1.807) is 31.2 Å². The molecule has 0 bridgehead atoms. The van der Waals surface area contributed by atoms with E-state index in [1.165, 1.54) is 6.07 Å². The number of nitrogen functional groups attached to an aromatic ring is 1. The second-order valence-electron chi connectivity index (χ2n) is 6.71. The topological polar surface area (TPSA) is 73.6 Å². The number of nitrogens with two attached hydrogens (primary N) is 1. The van der Waals surface area contributed by atoms with Crippen LogP contribution in [0.4, 0.5) is 18.9 Å². The molecule has 0 unspecified atom stereocenters. The zero-order chi connectivity index (χ0) is 20.3. The molecule has 3 N–H and O–H groups in total. The van der Waals surface area contributed by atoms with Gasteiger partial charge in [-0.2, -0.15) is 13.2 Å². The van der Waals surface area contributed by atoms with Crippen molar-refractivity contribution in [2.45, 2.75) is 31.7 Å². The smallest absolute Gasteiger partial charge is 0.416 e. The third-order valence-corrected chi connectivity index (χ3v) is 4.44. The lowest BCUT2D eigenvalue weighted by Gasteiger charge is -2.18. The Hall–Kier alpha value is -2.74. The monoisotopic (exact) mass is 394 g/mol. The number of benzene rings is 2. The summed E-state index contributed by atoms with van der Waals surface area (Å²) in [7, 11) is 0. The molecule has 8 heteroatoms. The molecule has 1 fully saturated rings. The number of hydrogen-bond acceptors (Lipinski definition) is 4. The Kier molecular flexibility index (Phi) is 5.79. The Morgan fingerprint density at radius 3 is 2.75 bits per heavy atom. The van der Waals surface area contributed by atoms with Crippen molar-refractivity contribution in [3.8, 4) is 5.75 Å². The SMILES string of the molecule is C[C@@H](NC(=O)c1cccc(O[C@H]2CCOC2)c1)c1cc(N)cc(C(F)(F)F)c1. The predicted molar refractivity (Wildman–Crippen MR) is 98.0 cm³/mol. The van der Waals surface area contributed by atoms with Crippen molar-refractivity contribution < 1.29 is 27.4 Å². The van der Waals surface area contributed by atoms with Crippen LogP contribution in [0.15, 0.2) is 42.5 Å². The largest absolute Gasteiger partial charge is 0.488 e. The average molecular weight is 394 g/mol. The van der Waals surface area contributed by atoms with Crippen LogP contribution in [-0.2, 0) is 10.9 Å². The molecule has 0 spiro atoms. The molecule has 2 atom stereocenters. The summed E-state index contributed by atoms with van der Waals surface area (Å²) in [5.74, 6) is 0.121. The molecule has 150 valence electrons. The number of rotatable bonds is 5. The van der Waals surface area contributed by atoms with Gasteiger partial charge in [-0.1, -0.05) is 6.07 Å². The Bertz CT molecular complexity index is 849. The van der Waals surface area contributed by atoms with E-state index in [-0.39, 0.29) is 17.4 Å². The van der Waals surface area contributed by atoms with Crippen LogP contribution in [-0.4, -0.2) is 25.2 Å². The standard InChI is InChI=1S/C20H21F3N2O3/c1-12(14-7-15(20(21,22)23)10-16(24)8-14)25-19(26)13-3-2-4-17(9-13)28-18-5-6-27-11-18/h2-4,7-10,12,18H,5-6,11,24H2,1H3,(H,25,26)/t12-,18+/m1/s1. The van der Waals surface area contributed by atoms with Crippen molar-refractivity contribution in [1.29, 1.82) is 0 Å². The lowest BCUT2D eigenvalue weighted by Crippen LogP contribution is -2.27. The number of nitrogens with one attached hydrogen (secondary N) is 1. The second-order valence-corrected chi connectivity index (χ2v) is 6.71. The highest BCUT2D eigenvalue weighted by molar-refractivity contribution is 5.94. The van der Waals surface area contributed by atoms with Crippen LogP contribution in [0.25, 0.3) is 0 Å². The number of carbonyl (C=O) groups excluding carboxylic acids is 1. The molecule has 5 nitrogen and oxygen atoms in total. The molecule has 1 aliphatic heterocycles. The highest BCUT2D eigenvalue weighted by Gasteiger charge is 2.31. The molecule has 3 rings (SSSR count). The molecule has 1 amide bonds. The minimum Gasteiger partial charge on any atom is -0.488 e. The summed E-state index contributed by atoms with van der Waals surface area (Å²) in [5.41, 5.74) is 5.36. The number of hydrogen-bond donors (Lipinski definition) is 2. The predicted octanol–water partition coefficient (Wildman–Crippen LogP) is 3.95. The molecule has 0 saturated carbocycles. The fourth-order valence-corrected chi connectivity index (χ4v) is 2.96. The minimum absolute atomic E-state index is 0.0138. The summed E-state index contributed by atoms with van der Waals surface area (Å²) in [6.45, 7) is 2.75. The first-order chi connectivity index (χ1) is 13.2. The molecule has 1 heterocycles. The number of anilines is 1. The van der Waals surface area contributed by atoms with Gasteiger partial charge in [0.1, 0.15) is 11.9 Å². The highest BCUT2D eigenvalue weighted by Crippen LogP contribution is 2.32. The number of amides is 1. The third-order valence-electron chi connectivity index (χ3n) is 4.44. The molecule has 2 aromatic rings. The number of ether oxygens (including phenoxy) is 2. The van der Waals surface area contributed by atoms with Gasteiger partial charge in [0.2, 0.25) is 0 Å². The third kappa shape index (κ3) is 4.95. The second kappa shape index (κ2) is 8.10. The normalized spacial score (nSPS) is 17.9. The quantitative estimate of drug-likeness (QED) is 0.754. The van der Waals surface area contributed by atoms with Gasteiger partial charge in [-0.3, -0.25) is 4.79 Å². The van der Waals surface area contributed by atoms with Crippen LogP contribution in [0.5, 0.6) is 5.75 Å². The van der Waals surface area contributed by atoms with Gasteiger partial charge < -0.3 is 20.5 Å². The maximum absolute atomic E-state index is 13.0. The van der Waals surface area contributed by atoms with Gasteiger partial charge in [-0.15, -0.1) is 0 Å². The molecule has 1 saturated heterocycles. The molecule has 0 radical (unpaired) electrons. The van der Waals surface area contributed by atoms with Crippen LogP contribution in [0.1, 0.15) is 40.9 Å². The van der Waals surface area contributed by atoms with Gasteiger partial charge in [0.25, 0.3) is 5.91 Å². The highest BCUT2D eigenvalue weighted by atomic mass is 19.4. The van der Waals surface area contributed by atoms with Crippen LogP contribution in [0, 0.1) is 0 Å². The van der Waals surface area contributed by atoms with E-state index in [2.05, 4.69) is 5.32 Å². The van der Waals surface area contributed by atoms with Crippen molar-refractivity contribution in [2.24, 2.45) is 0 Å². The lowest BCUT2D eigenvalue weighted by atomic mass is 10.0. The summed E-state index contributed by atoms with van der Waals surface area (Å²) in [6.07, 6.45) is -3.78. The number of alkyl halides is 3. The van der Waals surface area contributed by atoms with Gasteiger partial charge in [0, 0.05) is 17.7 Å². The van der Waals surface area contributed by atoms with Gasteiger partial charge >= 0.3 is 6.18 Å². The van der Waals surface area contributed by atoms with E-state index in [4.69, 9.17) is 15.2 Å². The van der Waals surface area contributed by atoms with Crippen molar-refractivity contribution in [3.05, 3.63) is 59.2 Å². The Balaban J connectivity index is 1.71. The summed E-state index contributed by atoms with van der Waals surface area (Å²) < 4.78 is 50.0. The minimum atomic E-state index is -4.51. The average Bonchev–Trinajstić information content (AvgIpc) is 3.13. The fraction of sp³-hybridized carbons (Fsp3) is 0.350. The zero-order valence-corrected chi connectivity index (χ0v) is 15.3. The number of carbonyl (C=O) groups is 1. The Morgan fingerprint density at radius 1 is 1.29 bits per heavy atom. The maximum atomic E-state index is 13.0. The van der Waals surface area contributed by atoms with Crippen LogP contribution < -0.4 is 15.8 Å². The summed E-state index contributed by atoms with van der Waals surface area (Å²) in [4.78, 5) is 12.5. The number of halogens is 3. The van der Waals surface area contributed by atoms with E-state index in [0.29, 0.717) is 24.5 Å².